The number of carbonyl (C=O) groups is 1. The van der Waals surface area contributed by atoms with Crippen LogP contribution in [-0.4, -0.2) is 18.2 Å². The van der Waals surface area contributed by atoms with E-state index in [4.69, 9.17) is 9.84 Å². The fraction of sp³-hybridized carbons (Fsp3) is 0.0833. The van der Waals surface area contributed by atoms with Crippen LogP contribution in [0.4, 0.5) is 4.39 Å². The molecule has 0 amide bonds. The molecule has 0 saturated heterocycles. The zero-order valence-electron chi connectivity index (χ0n) is 8.94. The Kier molecular flexibility index (Phi) is 3.10. The maximum Gasteiger partial charge on any atom is 0.345 e. The van der Waals surface area contributed by atoms with Gasteiger partial charge in [0.25, 0.3) is 0 Å². The molecule has 1 aromatic carbocycles. The minimum absolute atomic E-state index is 0.214. The molecule has 5 heteroatoms. The van der Waals surface area contributed by atoms with E-state index in [0.29, 0.717) is 16.2 Å². The zero-order valence-corrected chi connectivity index (χ0v) is 9.75. The molecule has 2 rings (SSSR count). The van der Waals surface area contributed by atoms with Crippen molar-refractivity contribution >= 4 is 17.3 Å². The molecule has 0 bridgehead atoms. The molecule has 1 N–H and O–H groups in total. The fourth-order valence-corrected chi connectivity index (χ4v) is 2.34. The maximum atomic E-state index is 13.2. The highest BCUT2D eigenvalue weighted by atomic mass is 32.1. The SMILES string of the molecule is COc1ccc(F)cc1-c1ccc(C(=O)O)s1. The molecule has 0 fully saturated rings. The highest BCUT2D eigenvalue weighted by Crippen LogP contribution is 2.35. The van der Waals surface area contributed by atoms with E-state index >= 15 is 0 Å². The van der Waals surface area contributed by atoms with Gasteiger partial charge in [-0.3, -0.25) is 0 Å². The standard InChI is InChI=1S/C12H9FO3S/c1-16-9-3-2-7(13)6-8(9)10-4-5-11(17-10)12(14)15/h2-6H,1H3,(H,14,15). The van der Waals surface area contributed by atoms with Gasteiger partial charge in [0.15, 0.2) is 0 Å². The first-order valence-corrected chi connectivity index (χ1v) is 5.60. The van der Waals surface area contributed by atoms with E-state index in [1.54, 1.807) is 6.07 Å². The number of hydrogen-bond donors (Lipinski definition) is 1. The average molecular weight is 252 g/mol. The first kappa shape index (κ1) is 11.6. The summed E-state index contributed by atoms with van der Waals surface area (Å²) in [6.07, 6.45) is 0. The third-order valence-corrected chi connectivity index (χ3v) is 3.35. The molecule has 0 aliphatic rings. The van der Waals surface area contributed by atoms with Crippen molar-refractivity contribution in [1.82, 2.24) is 0 Å². The second-order valence-electron chi connectivity index (χ2n) is 3.31. The van der Waals surface area contributed by atoms with Gasteiger partial charge in [-0.1, -0.05) is 0 Å². The van der Waals surface area contributed by atoms with Crippen LogP contribution in [0.2, 0.25) is 0 Å². The van der Waals surface area contributed by atoms with Crippen LogP contribution < -0.4 is 4.74 Å². The number of hydrogen-bond acceptors (Lipinski definition) is 3. The van der Waals surface area contributed by atoms with Gasteiger partial charge in [-0.2, -0.15) is 0 Å². The van der Waals surface area contributed by atoms with Crippen LogP contribution in [-0.2, 0) is 0 Å². The number of carboxylic acids is 1. The van der Waals surface area contributed by atoms with Crippen LogP contribution in [0.1, 0.15) is 9.67 Å². The van der Waals surface area contributed by atoms with Gasteiger partial charge >= 0.3 is 5.97 Å². The molecule has 1 aromatic heterocycles. The minimum atomic E-state index is -0.989. The molecule has 0 atom stereocenters. The van der Waals surface area contributed by atoms with E-state index in [1.807, 2.05) is 0 Å². The Morgan fingerprint density at radius 3 is 2.71 bits per heavy atom. The third kappa shape index (κ3) is 2.29. The molecule has 2 aromatic rings. The summed E-state index contributed by atoms with van der Waals surface area (Å²) in [6.45, 7) is 0. The largest absolute Gasteiger partial charge is 0.496 e. The number of benzene rings is 1. The van der Waals surface area contributed by atoms with Gasteiger partial charge in [0.1, 0.15) is 16.4 Å². The molecular formula is C12H9FO3S. The highest BCUT2D eigenvalue weighted by Gasteiger charge is 2.12. The summed E-state index contributed by atoms with van der Waals surface area (Å²) in [7, 11) is 1.49. The number of aromatic carboxylic acids is 1. The summed E-state index contributed by atoms with van der Waals surface area (Å²) >= 11 is 1.09. The van der Waals surface area contributed by atoms with Crippen LogP contribution >= 0.6 is 11.3 Å². The van der Waals surface area contributed by atoms with Crippen molar-refractivity contribution < 1.29 is 19.0 Å². The van der Waals surface area contributed by atoms with Gasteiger partial charge in [0.05, 0.1) is 7.11 Å². The Hall–Kier alpha value is -1.88. The van der Waals surface area contributed by atoms with Crippen molar-refractivity contribution in [3.05, 3.63) is 41.0 Å². The van der Waals surface area contributed by atoms with E-state index in [1.165, 1.54) is 31.4 Å². The van der Waals surface area contributed by atoms with Gasteiger partial charge in [-0.05, 0) is 30.3 Å². The molecule has 0 aliphatic heterocycles. The van der Waals surface area contributed by atoms with Crippen LogP contribution in [0.3, 0.4) is 0 Å². The average Bonchev–Trinajstić information content (AvgIpc) is 2.78. The van der Waals surface area contributed by atoms with Crippen LogP contribution in [0.5, 0.6) is 5.75 Å². The molecule has 0 saturated carbocycles. The predicted molar refractivity (Wildman–Crippen MR) is 63.2 cm³/mol. The Morgan fingerprint density at radius 1 is 1.35 bits per heavy atom. The van der Waals surface area contributed by atoms with Gasteiger partial charge in [-0.25, -0.2) is 9.18 Å². The first-order valence-electron chi connectivity index (χ1n) is 4.79. The number of rotatable bonds is 3. The second-order valence-corrected chi connectivity index (χ2v) is 4.40. The number of methoxy groups -OCH3 is 1. The lowest BCUT2D eigenvalue weighted by atomic mass is 10.1. The van der Waals surface area contributed by atoms with Crippen molar-refractivity contribution in [3.8, 4) is 16.2 Å². The van der Waals surface area contributed by atoms with Crippen molar-refractivity contribution in [3.63, 3.8) is 0 Å². The smallest absolute Gasteiger partial charge is 0.345 e. The quantitative estimate of drug-likeness (QED) is 0.912. The van der Waals surface area contributed by atoms with E-state index < -0.39 is 5.97 Å². The van der Waals surface area contributed by atoms with Crippen LogP contribution in [0.25, 0.3) is 10.4 Å². The Balaban J connectivity index is 2.51. The molecular weight excluding hydrogens is 243 g/mol. The molecule has 88 valence electrons. The zero-order chi connectivity index (χ0) is 12.4. The lowest BCUT2D eigenvalue weighted by Crippen LogP contribution is -1.89. The Morgan fingerprint density at radius 2 is 2.12 bits per heavy atom. The van der Waals surface area contributed by atoms with Gasteiger partial charge in [0.2, 0.25) is 0 Å². The lowest BCUT2D eigenvalue weighted by Gasteiger charge is -2.06. The van der Waals surface area contributed by atoms with Crippen LogP contribution in [0.15, 0.2) is 30.3 Å². The number of halogens is 1. The number of ether oxygens (including phenoxy) is 1. The number of carboxylic acid groups (broad SMARTS) is 1. The van der Waals surface area contributed by atoms with E-state index in [2.05, 4.69) is 0 Å². The summed E-state index contributed by atoms with van der Waals surface area (Å²) in [5.41, 5.74) is 0.560. The predicted octanol–water partition coefficient (Wildman–Crippen LogP) is 3.26. The van der Waals surface area contributed by atoms with E-state index in [-0.39, 0.29) is 10.7 Å². The Bertz CT molecular complexity index is 563. The molecule has 1 heterocycles. The lowest BCUT2D eigenvalue weighted by molar-refractivity contribution is 0.0702. The monoisotopic (exact) mass is 252 g/mol. The van der Waals surface area contributed by atoms with Crippen molar-refractivity contribution in [2.75, 3.05) is 7.11 Å². The van der Waals surface area contributed by atoms with Gasteiger partial charge < -0.3 is 9.84 Å². The molecule has 0 unspecified atom stereocenters. The molecule has 3 nitrogen and oxygen atoms in total. The van der Waals surface area contributed by atoms with Gasteiger partial charge in [0, 0.05) is 10.4 Å². The van der Waals surface area contributed by atoms with Crippen LogP contribution in [0, 0.1) is 5.82 Å². The molecule has 0 spiro atoms. The van der Waals surface area contributed by atoms with E-state index in [9.17, 15) is 9.18 Å². The van der Waals surface area contributed by atoms with Gasteiger partial charge in [-0.15, -0.1) is 11.3 Å². The highest BCUT2D eigenvalue weighted by molar-refractivity contribution is 7.17. The molecule has 0 radical (unpaired) electrons. The third-order valence-electron chi connectivity index (χ3n) is 2.24. The normalized spacial score (nSPS) is 10.2. The summed E-state index contributed by atoms with van der Waals surface area (Å²) in [5.74, 6) is -0.854. The summed E-state index contributed by atoms with van der Waals surface area (Å²) in [6, 6.07) is 7.28. The van der Waals surface area contributed by atoms with Crippen molar-refractivity contribution in [2.45, 2.75) is 0 Å². The first-order chi connectivity index (χ1) is 8.11. The molecule has 0 aliphatic carbocycles. The maximum absolute atomic E-state index is 13.2. The topological polar surface area (TPSA) is 46.5 Å². The van der Waals surface area contributed by atoms with Crippen molar-refractivity contribution in [1.29, 1.82) is 0 Å². The molecule has 17 heavy (non-hydrogen) atoms. The fourth-order valence-electron chi connectivity index (χ4n) is 1.47. The summed E-state index contributed by atoms with van der Waals surface area (Å²) < 4.78 is 18.3. The minimum Gasteiger partial charge on any atom is -0.496 e. The summed E-state index contributed by atoms with van der Waals surface area (Å²) in [5, 5.41) is 8.83. The van der Waals surface area contributed by atoms with Crippen molar-refractivity contribution in [2.24, 2.45) is 0 Å². The summed E-state index contributed by atoms with van der Waals surface area (Å²) in [4.78, 5) is 11.7. The number of thiophene rings is 1. The second kappa shape index (κ2) is 4.55. The Labute approximate surface area is 101 Å². The van der Waals surface area contributed by atoms with E-state index in [0.717, 1.165) is 11.3 Å².